The van der Waals surface area contributed by atoms with Gasteiger partial charge in [0.25, 0.3) is 0 Å². The van der Waals surface area contributed by atoms with Crippen LogP contribution in [0, 0.1) is 0 Å². The minimum absolute atomic E-state index is 0.0751. The third-order valence-electron chi connectivity index (χ3n) is 3.38. The highest BCUT2D eigenvalue weighted by molar-refractivity contribution is 9.10. The van der Waals surface area contributed by atoms with Crippen molar-refractivity contribution in [1.29, 1.82) is 0 Å². The monoisotopic (exact) mass is 412 g/mol. The number of amides is 1. The first-order chi connectivity index (χ1) is 12.0. The highest BCUT2D eigenvalue weighted by atomic mass is 79.9. The van der Waals surface area contributed by atoms with E-state index in [0.717, 1.165) is 5.56 Å². The second kappa shape index (κ2) is 8.98. The van der Waals surface area contributed by atoms with Crippen LogP contribution in [-0.4, -0.2) is 44.8 Å². The second-order valence-electron chi connectivity index (χ2n) is 5.43. The molecule has 0 aliphatic carbocycles. The van der Waals surface area contributed by atoms with Gasteiger partial charge in [0.1, 0.15) is 6.61 Å². The van der Waals surface area contributed by atoms with E-state index in [1.54, 1.807) is 32.2 Å². The van der Waals surface area contributed by atoms with Gasteiger partial charge in [-0.2, -0.15) is 5.10 Å². The smallest absolute Gasteiger partial charge is 0.245 e. The zero-order valence-corrected chi connectivity index (χ0v) is 15.8. The Balaban J connectivity index is 1.99. The molecule has 1 aliphatic rings. The van der Waals surface area contributed by atoms with Crippen LogP contribution in [0.25, 0.3) is 0 Å². The van der Waals surface area contributed by atoms with Gasteiger partial charge in [-0.05, 0) is 40.5 Å². The van der Waals surface area contributed by atoms with Crippen molar-refractivity contribution in [2.45, 2.75) is 19.1 Å². The number of carbonyl (C=O) groups is 1. The van der Waals surface area contributed by atoms with E-state index < -0.39 is 5.79 Å². The van der Waals surface area contributed by atoms with Gasteiger partial charge in [-0.1, -0.05) is 12.7 Å². The fraction of sp³-hybridized carbons (Fsp3) is 0.412. The van der Waals surface area contributed by atoms with Crippen LogP contribution in [0.5, 0.6) is 11.5 Å². The van der Waals surface area contributed by atoms with E-state index in [-0.39, 0.29) is 12.3 Å². The zero-order chi connectivity index (χ0) is 18.3. The Bertz CT molecular complexity index is 657. The van der Waals surface area contributed by atoms with Gasteiger partial charge in [0, 0.05) is 0 Å². The molecule has 8 heteroatoms. The molecule has 0 aromatic heterocycles. The van der Waals surface area contributed by atoms with Crippen LogP contribution in [-0.2, 0) is 14.3 Å². The van der Waals surface area contributed by atoms with Crippen molar-refractivity contribution in [3.05, 3.63) is 34.8 Å². The number of methoxy groups -OCH3 is 1. The van der Waals surface area contributed by atoms with Gasteiger partial charge in [0.15, 0.2) is 17.3 Å². The number of hydrogen-bond donors (Lipinski definition) is 1. The number of nitrogens with one attached hydrogen (secondary N) is 1. The summed E-state index contributed by atoms with van der Waals surface area (Å²) in [6.45, 7) is 6.68. The lowest BCUT2D eigenvalue weighted by Gasteiger charge is -2.20. The van der Waals surface area contributed by atoms with E-state index in [2.05, 4.69) is 33.0 Å². The minimum atomic E-state index is -0.879. The fourth-order valence-electron chi connectivity index (χ4n) is 2.27. The largest absolute Gasteiger partial charge is 0.493 e. The molecule has 1 aromatic carbocycles. The summed E-state index contributed by atoms with van der Waals surface area (Å²) in [7, 11) is 1.55. The molecule has 7 nitrogen and oxygen atoms in total. The Hall–Kier alpha value is -1.90. The summed E-state index contributed by atoms with van der Waals surface area (Å²) in [5.74, 6) is -0.0513. The molecule has 0 unspecified atom stereocenters. The first-order valence-corrected chi connectivity index (χ1v) is 8.48. The summed E-state index contributed by atoms with van der Waals surface area (Å²) in [4.78, 5) is 11.9. The fourth-order valence-corrected chi connectivity index (χ4v) is 2.84. The maximum atomic E-state index is 11.9. The Labute approximate surface area is 155 Å². The van der Waals surface area contributed by atoms with Crippen molar-refractivity contribution >= 4 is 28.1 Å². The van der Waals surface area contributed by atoms with Crippen LogP contribution in [0.2, 0.25) is 0 Å². The van der Waals surface area contributed by atoms with Gasteiger partial charge >= 0.3 is 0 Å². The number of ether oxygens (including phenoxy) is 4. The van der Waals surface area contributed by atoms with Gasteiger partial charge in [-0.15, -0.1) is 0 Å². The highest BCUT2D eigenvalue weighted by Gasteiger charge is 2.33. The SMILES string of the molecule is C=CCOc1c(Br)cc(/C=N\NC(=O)CC2(C)OCCO2)cc1OC. The number of rotatable bonds is 8. The van der Waals surface area contributed by atoms with Crippen LogP contribution in [0.1, 0.15) is 18.9 Å². The minimum Gasteiger partial charge on any atom is -0.493 e. The summed E-state index contributed by atoms with van der Waals surface area (Å²) in [6.07, 6.45) is 3.24. The zero-order valence-electron chi connectivity index (χ0n) is 14.2. The van der Waals surface area contributed by atoms with Crippen molar-refractivity contribution in [3.63, 3.8) is 0 Å². The Morgan fingerprint density at radius 3 is 2.84 bits per heavy atom. The van der Waals surface area contributed by atoms with E-state index in [1.165, 1.54) is 6.21 Å². The van der Waals surface area contributed by atoms with Gasteiger partial charge in [0.05, 0.1) is 37.4 Å². The molecule has 25 heavy (non-hydrogen) atoms. The van der Waals surface area contributed by atoms with Crippen LogP contribution in [0.4, 0.5) is 0 Å². The topological polar surface area (TPSA) is 78.4 Å². The molecule has 0 spiro atoms. The molecular weight excluding hydrogens is 392 g/mol. The number of halogens is 1. The van der Waals surface area contributed by atoms with Gasteiger partial charge in [0.2, 0.25) is 5.91 Å². The van der Waals surface area contributed by atoms with Crippen molar-refractivity contribution < 1.29 is 23.7 Å². The highest BCUT2D eigenvalue weighted by Crippen LogP contribution is 2.36. The first kappa shape index (κ1) is 19.4. The first-order valence-electron chi connectivity index (χ1n) is 7.68. The van der Waals surface area contributed by atoms with E-state index >= 15 is 0 Å². The van der Waals surface area contributed by atoms with Crippen molar-refractivity contribution in [2.75, 3.05) is 26.9 Å². The van der Waals surface area contributed by atoms with Crippen molar-refractivity contribution in [2.24, 2.45) is 5.10 Å². The van der Waals surface area contributed by atoms with Crippen LogP contribution in [0.3, 0.4) is 0 Å². The van der Waals surface area contributed by atoms with E-state index in [0.29, 0.717) is 35.8 Å². The molecule has 1 N–H and O–H groups in total. The maximum Gasteiger partial charge on any atom is 0.245 e. The van der Waals surface area contributed by atoms with E-state index in [9.17, 15) is 4.79 Å². The molecule has 1 aliphatic heterocycles. The normalized spacial score (nSPS) is 16.0. The third kappa shape index (κ3) is 5.55. The molecule has 2 rings (SSSR count). The number of hydrogen-bond acceptors (Lipinski definition) is 6. The molecule has 1 aromatic rings. The number of nitrogens with zero attached hydrogens (tertiary/aromatic N) is 1. The van der Waals surface area contributed by atoms with Crippen molar-refractivity contribution in [3.8, 4) is 11.5 Å². The summed E-state index contributed by atoms with van der Waals surface area (Å²) < 4.78 is 22.4. The number of carbonyl (C=O) groups excluding carboxylic acids is 1. The standard InChI is InChI=1S/C17H21BrN2O5/c1-4-5-23-16-13(18)8-12(9-14(16)22-3)11-19-20-15(21)10-17(2)24-6-7-25-17/h4,8-9,11H,1,5-7,10H2,2-3H3,(H,20,21)/b19-11-. The van der Waals surface area contributed by atoms with Crippen LogP contribution < -0.4 is 14.9 Å². The average Bonchev–Trinajstić information content (AvgIpc) is 2.99. The van der Waals surface area contributed by atoms with E-state index in [4.69, 9.17) is 18.9 Å². The lowest BCUT2D eigenvalue weighted by Crippen LogP contribution is -2.33. The predicted octanol–water partition coefficient (Wildman–Crippen LogP) is 2.63. The molecule has 0 radical (unpaired) electrons. The Morgan fingerprint density at radius 1 is 1.48 bits per heavy atom. The molecular formula is C17H21BrN2O5. The van der Waals surface area contributed by atoms with Gasteiger partial charge in [-0.25, -0.2) is 5.43 Å². The molecule has 1 amide bonds. The quantitative estimate of drug-likeness (QED) is 0.403. The van der Waals surface area contributed by atoms with Crippen molar-refractivity contribution in [1.82, 2.24) is 5.43 Å². The number of benzene rings is 1. The van der Waals surface area contributed by atoms with Crippen LogP contribution >= 0.6 is 15.9 Å². The Kier molecular flexibility index (Phi) is 6.98. The molecule has 1 saturated heterocycles. The number of hydrazone groups is 1. The molecule has 0 bridgehead atoms. The van der Waals surface area contributed by atoms with Crippen LogP contribution in [0.15, 0.2) is 34.4 Å². The summed E-state index contributed by atoms with van der Waals surface area (Å²) in [5.41, 5.74) is 3.19. The summed E-state index contributed by atoms with van der Waals surface area (Å²) in [6, 6.07) is 3.56. The molecule has 1 heterocycles. The molecule has 1 fully saturated rings. The molecule has 0 atom stereocenters. The van der Waals surface area contributed by atoms with Gasteiger partial charge < -0.3 is 18.9 Å². The van der Waals surface area contributed by atoms with Gasteiger partial charge in [-0.3, -0.25) is 4.79 Å². The Morgan fingerprint density at radius 2 is 2.20 bits per heavy atom. The average molecular weight is 413 g/mol. The van der Waals surface area contributed by atoms with E-state index in [1.807, 2.05) is 0 Å². The lowest BCUT2D eigenvalue weighted by molar-refractivity contribution is -0.159. The lowest BCUT2D eigenvalue weighted by atomic mass is 10.2. The summed E-state index contributed by atoms with van der Waals surface area (Å²) >= 11 is 3.43. The third-order valence-corrected chi connectivity index (χ3v) is 3.97. The predicted molar refractivity (Wildman–Crippen MR) is 97.0 cm³/mol. The molecule has 0 saturated carbocycles. The maximum absolute atomic E-state index is 11.9. The molecule has 136 valence electrons. The summed E-state index contributed by atoms with van der Waals surface area (Å²) in [5, 5.41) is 3.95. The second-order valence-corrected chi connectivity index (χ2v) is 6.29.